The quantitative estimate of drug-likeness (QED) is 0.546. The van der Waals surface area contributed by atoms with Crippen molar-refractivity contribution in [3.05, 3.63) is 63.4 Å². The van der Waals surface area contributed by atoms with Crippen LogP contribution in [0.3, 0.4) is 0 Å². The van der Waals surface area contributed by atoms with Crippen LogP contribution < -0.4 is 10.2 Å². The van der Waals surface area contributed by atoms with E-state index >= 15 is 0 Å². The molecule has 1 saturated heterocycles. The summed E-state index contributed by atoms with van der Waals surface area (Å²) in [5.41, 5.74) is 1.02. The van der Waals surface area contributed by atoms with Crippen LogP contribution in [0.4, 0.5) is 5.69 Å². The van der Waals surface area contributed by atoms with E-state index in [9.17, 15) is 13.2 Å². The van der Waals surface area contributed by atoms with Crippen LogP contribution in [0.5, 0.6) is 0 Å². The van der Waals surface area contributed by atoms with Crippen molar-refractivity contribution in [2.24, 2.45) is 7.05 Å². The fourth-order valence-electron chi connectivity index (χ4n) is 3.65. The van der Waals surface area contributed by atoms with Crippen molar-refractivity contribution in [3.63, 3.8) is 0 Å². The molecule has 3 aromatic rings. The molecule has 0 radical (unpaired) electrons. The van der Waals surface area contributed by atoms with Crippen molar-refractivity contribution in [3.8, 4) is 0 Å². The van der Waals surface area contributed by atoms with E-state index in [0.717, 1.165) is 10.6 Å². The standard InChI is InChI=1S/C21H24ClN5O3S2/c1-25-15-19(20(28)23-8-7-18-6-3-13-31-18)21(24-25)32(29,30)27-11-9-26(10-12-27)17-5-2-4-16(22)14-17/h2-6,13-15H,7-12H2,1H3,(H,23,28). The number of piperazine rings is 1. The number of anilines is 1. The Bertz CT molecular complexity index is 1190. The molecule has 3 heterocycles. The largest absolute Gasteiger partial charge is 0.369 e. The molecule has 1 aromatic carbocycles. The van der Waals surface area contributed by atoms with Crippen LogP contribution in [0, 0.1) is 0 Å². The molecule has 0 aliphatic carbocycles. The molecule has 170 valence electrons. The summed E-state index contributed by atoms with van der Waals surface area (Å²) in [4.78, 5) is 16.0. The predicted octanol–water partition coefficient (Wildman–Crippen LogP) is 2.62. The summed E-state index contributed by atoms with van der Waals surface area (Å²) in [6, 6.07) is 11.5. The second-order valence-corrected chi connectivity index (χ2v) is 10.8. The van der Waals surface area contributed by atoms with Gasteiger partial charge in [0.1, 0.15) is 0 Å². The van der Waals surface area contributed by atoms with Crippen molar-refractivity contribution >= 4 is 44.6 Å². The van der Waals surface area contributed by atoms with Gasteiger partial charge in [0.25, 0.3) is 15.9 Å². The lowest BCUT2D eigenvalue weighted by atomic mass is 10.2. The van der Waals surface area contributed by atoms with Gasteiger partial charge >= 0.3 is 0 Å². The molecule has 4 rings (SSSR count). The van der Waals surface area contributed by atoms with Crippen LogP contribution in [0.1, 0.15) is 15.2 Å². The van der Waals surface area contributed by atoms with Gasteiger partial charge < -0.3 is 10.2 Å². The second-order valence-electron chi connectivity index (χ2n) is 7.48. The van der Waals surface area contributed by atoms with Crippen molar-refractivity contribution in [2.75, 3.05) is 37.6 Å². The molecule has 1 amide bonds. The Morgan fingerprint density at radius 2 is 1.97 bits per heavy atom. The van der Waals surface area contributed by atoms with Crippen LogP contribution in [-0.4, -0.2) is 61.1 Å². The van der Waals surface area contributed by atoms with Crippen LogP contribution in [-0.2, 0) is 23.5 Å². The Hall–Kier alpha value is -2.40. The van der Waals surface area contributed by atoms with E-state index in [1.54, 1.807) is 24.5 Å². The number of carbonyl (C=O) groups is 1. The van der Waals surface area contributed by atoms with E-state index < -0.39 is 15.9 Å². The van der Waals surface area contributed by atoms with Crippen molar-refractivity contribution in [1.29, 1.82) is 0 Å². The predicted molar refractivity (Wildman–Crippen MR) is 126 cm³/mol. The minimum atomic E-state index is -3.91. The monoisotopic (exact) mass is 493 g/mol. The molecule has 0 bridgehead atoms. The lowest BCUT2D eigenvalue weighted by Crippen LogP contribution is -2.49. The zero-order valence-corrected chi connectivity index (χ0v) is 20.0. The number of sulfonamides is 1. The van der Waals surface area contributed by atoms with E-state index in [1.165, 1.54) is 15.2 Å². The third-order valence-corrected chi connectivity index (χ3v) is 8.28. The van der Waals surface area contributed by atoms with Gasteiger partial charge in [-0.25, -0.2) is 8.42 Å². The normalized spacial score (nSPS) is 15.1. The third-order valence-electron chi connectivity index (χ3n) is 5.27. The molecule has 32 heavy (non-hydrogen) atoms. The fourth-order valence-corrected chi connectivity index (χ4v) is 6.08. The first-order valence-electron chi connectivity index (χ1n) is 10.2. The number of thiophene rings is 1. The molecule has 1 aliphatic rings. The number of aryl methyl sites for hydroxylation is 1. The number of halogens is 1. The number of carbonyl (C=O) groups excluding carboxylic acids is 1. The molecule has 11 heteroatoms. The van der Waals surface area contributed by atoms with E-state index in [0.29, 0.717) is 44.2 Å². The second kappa shape index (κ2) is 9.62. The zero-order valence-electron chi connectivity index (χ0n) is 17.6. The summed E-state index contributed by atoms with van der Waals surface area (Å²) >= 11 is 7.70. The molecule has 8 nitrogen and oxygen atoms in total. The van der Waals surface area contributed by atoms with Gasteiger partial charge in [-0.15, -0.1) is 11.3 Å². The van der Waals surface area contributed by atoms with Crippen LogP contribution >= 0.6 is 22.9 Å². The van der Waals surface area contributed by atoms with Crippen LogP contribution in [0.15, 0.2) is 53.0 Å². The maximum atomic E-state index is 13.3. The number of hydrogen-bond acceptors (Lipinski definition) is 6. The molecular weight excluding hydrogens is 470 g/mol. The van der Waals surface area contributed by atoms with Crippen molar-refractivity contribution < 1.29 is 13.2 Å². The molecule has 1 fully saturated rings. The summed E-state index contributed by atoms with van der Waals surface area (Å²) in [5, 5.41) is 9.35. The Balaban J connectivity index is 1.44. The van der Waals surface area contributed by atoms with E-state index in [4.69, 9.17) is 11.6 Å². The SMILES string of the molecule is Cn1cc(C(=O)NCCc2cccs2)c(S(=O)(=O)N2CCN(c3cccc(Cl)c3)CC2)n1. The summed E-state index contributed by atoms with van der Waals surface area (Å²) in [6.45, 7) is 2.06. The number of nitrogens with zero attached hydrogens (tertiary/aromatic N) is 4. The zero-order chi connectivity index (χ0) is 22.7. The highest BCUT2D eigenvalue weighted by Crippen LogP contribution is 2.24. The first-order chi connectivity index (χ1) is 15.3. The minimum absolute atomic E-state index is 0.0657. The highest BCUT2D eigenvalue weighted by atomic mass is 35.5. The van der Waals surface area contributed by atoms with Gasteiger partial charge in [-0.2, -0.15) is 9.40 Å². The Morgan fingerprint density at radius 3 is 2.66 bits per heavy atom. The highest BCUT2D eigenvalue weighted by Gasteiger charge is 2.34. The number of amides is 1. The molecule has 0 atom stereocenters. The average molecular weight is 494 g/mol. The van der Waals surface area contributed by atoms with E-state index in [2.05, 4.69) is 15.3 Å². The number of aromatic nitrogens is 2. The molecule has 0 spiro atoms. The molecule has 1 N–H and O–H groups in total. The molecule has 0 saturated carbocycles. The minimum Gasteiger partial charge on any atom is -0.369 e. The van der Waals surface area contributed by atoms with Crippen molar-refractivity contribution in [1.82, 2.24) is 19.4 Å². The lowest BCUT2D eigenvalue weighted by molar-refractivity contribution is 0.0950. The lowest BCUT2D eigenvalue weighted by Gasteiger charge is -2.35. The maximum absolute atomic E-state index is 13.3. The Morgan fingerprint density at radius 1 is 1.19 bits per heavy atom. The maximum Gasteiger partial charge on any atom is 0.263 e. The number of nitrogens with one attached hydrogen (secondary N) is 1. The number of rotatable bonds is 7. The van der Waals surface area contributed by atoms with E-state index in [1.807, 2.05) is 35.7 Å². The van der Waals surface area contributed by atoms with Gasteiger partial charge in [0.05, 0.1) is 5.56 Å². The molecule has 1 aliphatic heterocycles. The highest BCUT2D eigenvalue weighted by molar-refractivity contribution is 7.89. The summed E-state index contributed by atoms with van der Waals surface area (Å²) in [7, 11) is -2.30. The Kier molecular flexibility index (Phi) is 6.85. The third kappa shape index (κ3) is 4.98. The van der Waals surface area contributed by atoms with Gasteiger partial charge in [0.2, 0.25) is 5.03 Å². The smallest absolute Gasteiger partial charge is 0.263 e. The van der Waals surface area contributed by atoms with Crippen molar-refractivity contribution in [2.45, 2.75) is 11.4 Å². The average Bonchev–Trinajstić information content (AvgIpc) is 3.44. The van der Waals surface area contributed by atoms with Gasteiger partial charge in [0.15, 0.2) is 0 Å². The van der Waals surface area contributed by atoms with E-state index in [-0.39, 0.29) is 10.6 Å². The van der Waals surface area contributed by atoms with Crippen LogP contribution in [0.2, 0.25) is 5.02 Å². The van der Waals surface area contributed by atoms with Gasteiger partial charge in [-0.3, -0.25) is 9.48 Å². The topological polar surface area (TPSA) is 87.5 Å². The van der Waals surface area contributed by atoms with Gasteiger partial charge in [-0.05, 0) is 36.1 Å². The molecular formula is C21H24ClN5O3S2. The first-order valence-corrected chi connectivity index (χ1v) is 12.9. The Labute approximate surface area is 196 Å². The number of hydrogen-bond donors (Lipinski definition) is 1. The van der Waals surface area contributed by atoms with Crippen LogP contribution in [0.25, 0.3) is 0 Å². The molecule has 2 aromatic heterocycles. The molecule has 0 unspecified atom stereocenters. The first kappa shape index (κ1) is 22.8. The summed E-state index contributed by atoms with van der Waals surface area (Å²) in [6.07, 6.45) is 2.15. The fraction of sp³-hybridized carbons (Fsp3) is 0.333. The summed E-state index contributed by atoms with van der Waals surface area (Å²) in [5.74, 6) is -0.439. The summed E-state index contributed by atoms with van der Waals surface area (Å²) < 4.78 is 29.4. The number of benzene rings is 1. The van der Waals surface area contributed by atoms with Gasteiger partial charge in [-0.1, -0.05) is 23.7 Å². The van der Waals surface area contributed by atoms with Gasteiger partial charge in [0, 0.05) is 61.6 Å².